The molecule has 1 heterocycles. The molecule has 0 aliphatic carbocycles. The van der Waals surface area contributed by atoms with E-state index in [1.807, 2.05) is 30.3 Å². The summed E-state index contributed by atoms with van der Waals surface area (Å²) in [4.78, 5) is 6.99. The van der Waals surface area contributed by atoms with E-state index in [4.69, 9.17) is 20.2 Å². The first kappa shape index (κ1) is 19.5. The van der Waals surface area contributed by atoms with Gasteiger partial charge in [0.1, 0.15) is 0 Å². The number of rotatable bonds is 9. The molecule has 3 aromatic rings. The van der Waals surface area contributed by atoms with E-state index in [1.165, 1.54) is 4.70 Å². The van der Waals surface area contributed by atoms with Crippen molar-refractivity contribution in [1.82, 2.24) is 4.98 Å². The highest BCUT2D eigenvalue weighted by Gasteiger charge is 2.14. The predicted molar refractivity (Wildman–Crippen MR) is 113 cm³/mol. The van der Waals surface area contributed by atoms with Crippen LogP contribution in [0.1, 0.15) is 19.4 Å². The molecule has 0 aliphatic heterocycles. The van der Waals surface area contributed by atoms with Crippen LogP contribution in [0.2, 0.25) is 0 Å². The van der Waals surface area contributed by atoms with Gasteiger partial charge in [-0.15, -0.1) is 0 Å². The van der Waals surface area contributed by atoms with E-state index in [0.29, 0.717) is 19.1 Å². The molecule has 27 heavy (non-hydrogen) atoms. The summed E-state index contributed by atoms with van der Waals surface area (Å²) in [7, 11) is 1.67. The highest BCUT2D eigenvalue weighted by atomic mass is 32.1. The van der Waals surface area contributed by atoms with E-state index >= 15 is 0 Å². The predicted octanol–water partition coefficient (Wildman–Crippen LogP) is 4.31. The largest absolute Gasteiger partial charge is 0.493 e. The molecule has 5 nitrogen and oxygen atoms in total. The quantitative estimate of drug-likeness (QED) is 0.595. The molecule has 0 aliphatic rings. The number of methoxy groups -OCH3 is 1. The zero-order chi connectivity index (χ0) is 19.2. The summed E-state index contributed by atoms with van der Waals surface area (Å²) in [5.41, 5.74) is 8.01. The minimum absolute atomic E-state index is 0.466. The molecular formula is C21H27N3O2S. The van der Waals surface area contributed by atoms with Crippen LogP contribution < -0.4 is 20.1 Å². The van der Waals surface area contributed by atoms with Crippen LogP contribution in [0.25, 0.3) is 10.2 Å². The van der Waals surface area contributed by atoms with Crippen molar-refractivity contribution < 1.29 is 9.47 Å². The Morgan fingerprint density at radius 2 is 1.96 bits per heavy atom. The van der Waals surface area contributed by atoms with E-state index in [1.54, 1.807) is 18.4 Å². The van der Waals surface area contributed by atoms with Gasteiger partial charge in [-0.2, -0.15) is 0 Å². The zero-order valence-corrected chi connectivity index (χ0v) is 17.0. The summed E-state index contributed by atoms with van der Waals surface area (Å²) in [5.74, 6) is 2.00. The number of anilines is 1. The lowest BCUT2D eigenvalue weighted by atomic mass is 10.2. The van der Waals surface area contributed by atoms with Gasteiger partial charge in [0.25, 0.3) is 0 Å². The lowest BCUT2D eigenvalue weighted by Gasteiger charge is -2.22. The Morgan fingerprint density at radius 1 is 1.15 bits per heavy atom. The molecule has 0 saturated carbocycles. The molecule has 0 unspecified atom stereocenters. The number of hydrogen-bond acceptors (Lipinski definition) is 6. The minimum atomic E-state index is 0.466. The van der Waals surface area contributed by atoms with Gasteiger partial charge in [-0.1, -0.05) is 43.4 Å². The summed E-state index contributed by atoms with van der Waals surface area (Å²) in [6.45, 7) is 6.96. The molecule has 2 aromatic carbocycles. The first-order valence-electron chi connectivity index (χ1n) is 9.21. The molecule has 6 heteroatoms. The maximum absolute atomic E-state index is 5.85. The fourth-order valence-electron chi connectivity index (χ4n) is 2.80. The molecule has 0 saturated heterocycles. The number of benzene rings is 2. The Bertz CT molecular complexity index is 846. The Morgan fingerprint density at radius 3 is 2.67 bits per heavy atom. The normalized spacial score (nSPS) is 11.1. The summed E-state index contributed by atoms with van der Waals surface area (Å²) in [6.07, 6.45) is 0. The van der Waals surface area contributed by atoms with E-state index < -0.39 is 0 Å². The molecule has 3 rings (SSSR count). The third-order valence-electron chi connectivity index (χ3n) is 4.13. The van der Waals surface area contributed by atoms with Gasteiger partial charge >= 0.3 is 0 Å². The Kier molecular flexibility index (Phi) is 6.53. The number of hydrogen-bond donors (Lipinski definition) is 1. The first-order valence-corrected chi connectivity index (χ1v) is 10.0. The fourth-order valence-corrected chi connectivity index (χ4v) is 3.79. The number of nitrogens with two attached hydrogens (primary N) is 1. The van der Waals surface area contributed by atoms with Crippen molar-refractivity contribution in [2.24, 2.45) is 11.7 Å². The van der Waals surface area contributed by atoms with E-state index in [-0.39, 0.29) is 0 Å². The van der Waals surface area contributed by atoms with Gasteiger partial charge in [-0.05, 0) is 35.7 Å². The topological polar surface area (TPSA) is 60.6 Å². The standard InChI is InChI=1S/C21H27N3O2S/c1-15(2)14-26-18-9-8-16(12-19(18)25-3)13-24(11-10-22)21-23-17-6-4-5-7-20(17)27-21/h4-9,12,15H,10-11,13-14,22H2,1-3H3. The summed E-state index contributed by atoms with van der Waals surface area (Å²) in [6, 6.07) is 14.3. The maximum atomic E-state index is 5.85. The number of para-hydroxylation sites is 1. The maximum Gasteiger partial charge on any atom is 0.186 e. The van der Waals surface area contributed by atoms with Crippen LogP contribution in [0, 0.1) is 5.92 Å². The minimum Gasteiger partial charge on any atom is -0.493 e. The van der Waals surface area contributed by atoms with E-state index in [0.717, 1.165) is 40.8 Å². The van der Waals surface area contributed by atoms with Crippen LogP contribution in [-0.2, 0) is 6.54 Å². The smallest absolute Gasteiger partial charge is 0.186 e. The Hall–Kier alpha value is -2.31. The SMILES string of the molecule is COc1cc(CN(CCN)c2nc3ccccc3s2)ccc1OCC(C)C. The van der Waals surface area contributed by atoms with Crippen LogP contribution >= 0.6 is 11.3 Å². The average Bonchev–Trinajstić information content (AvgIpc) is 3.10. The summed E-state index contributed by atoms with van der Waals surface area (Å²) >= 11 is 1.69. The van der Waals surface area contributed by atoms with Crippen molar-refractivity contribution in [2.75, 3.05) is 31.7 Å². The van der Waals surface area contributed by atoms with Crippen LogP contribution in [0.15, 0.2) is 42.5 Å². The molecule has 0 radical (unpaired) electrons. The zero-order valence-electron chi connectivity index (χ0n) is 16.1. The van der Waals surface area contributed by atoms with Crippen molar-refractivity contribution >= 4 is 26.7 Å². The van der Waals surface area contributed by atoms with E-state index in [9.17, 15) is 0 Å². The second kappa shape index (κ2) is 9.06. The Labute approximate surface area is 164 Å². The van der Waals surface area contributed by atoms with Gasteiger partial charge < -0.3 is 20.1 Å². The second-order valence-corrected chi connectivity index (χ2v) is 7.87. The van der Waals surface area contributed by atoms with Crippen molar-refractivity contribution in [3.8, 4) is 11.5 Å². The van der Waals surface area contributed by atoms with Gasteiger partial charge in [-0.25, -0.2) is 4.98 Å². The van der Waals surface area contributed by atoms with Crippen molar-refractivity contribution in [1.29, 1.82) is 0 Å². The molecule has 0 bridgehead atoms. The van der Waals surface area contributed by atoms with Crippen molar-refractivity contribution in [2.45, 2.75) is 20.4 Å². The van der Waals surface area contributed by atoms with Crippen molar-refractivity contribution in [3.05, 3.63) is 48.0 Å². The highest BCUT2D eigenvalue weighted by Crippen LogP contribution is 2.32. The van der Waals surface area contributed by atoms with Crippen LogP contribution in [0.5, 0.6) is 11.5 Å². The summed E-state index contributed by atoms with van der Waals surface area (Å²) in [5, 5.41) is 0.987. The van der Waals surface area contributed by atoms with Crippen LogP contribution in [-0.4, -0.2) is 31.8 Å². The molecule has 0 atom stereocenters. The molecule has 0 amide bonds. The lowest BCUT2D eigenvalue weighted by molar-refractivity contribution is 0.257. The van der Waals surface area contributed by atoms with E-state index in [2.05, 4.69) is 30.9 Å². The molecule has 0 fully saturated rings. The van der Waals surface area contributed by atoms with Crippen LogP contribution in [0.4, 0.5) is 5.13 Å². The van der Waals surface area contributed by atoms with Crippen LogP contribution in [0.3, 0.4) is 0 Å². The third-order valence-corrected chi connectivity index (χ3v) is 5.22. The molecule has 144 valence electrons. The average molecular weight is 386 g/mol. The number of nitrogens with zero attached hydrogens (tertiary/aromatic N) is 2. The molecule has 1 aromatic heterocycles. The monoisotopic (exact) mass is 385 g/mol. The number of ether oxygens (including phenoxy) is 2. The van der Waals surface area contributed by atoms with Gasteiger partial charge in [0.2, 0.25) is 0 Å². The lowest BCUT2D eigenvalue weighted by Crippen LogP contribution is -2.28. The highest BCUT2D eigenvalue weighted by molar-refractivity contribution is 7.22. The Balaban J connectivity index is 1.81. The fraction of sp³-hybridized carbons (Fsp3) is 0.381. The van der Waals surface area contributed by atoms with Crippen molar-refractivity contribution in [3.63, 3.8) is 0 Å². The number of aromatic nitrogens is 1. The first-order chi connectivity index (χ1) is 13.1. The van der Waals surface area contributed by atoms with Gasteiger partial charge in [0.15, 0.2) is 16.6 Å². The molecule has 0 spiro atoms. The number of thiazole rings is 1. The van der Waals surface area contributed by atoms with Gasteiger partial charge in [0, 0.05) is 19.6 Å². The van der Waals surface area contributed by atoms with Gasteiger partial charge in [0.05, 0.1) is 23.9 Å². The molecular weight excluding hydrogens is 358 g/mol. The number of fused-ring (bicyclic) bond motifs is 1. The van der Waals surface area contributed by atoms with Gasteiger partial charge in [-0.3, -0.25) is 0 Å². The third kappa shape index (κ3) is 4.90. The molecule has 2 N–H and O–H groups in total. The summed E-state index contributed by atoms with van der Waals surface area (Å²) < 4.78 is 12.6. The second-order valence-electron chi connectivity index (χ2n) is 6.86.